The molecule has 2 aliphatic rings. The number of likely N-dealkylation sites (tertiary alicyclic amines) is 1. The monoisotopic (exact) mass is 323 g/mol. The standard InChI is InChI=1S/C20H41N3/c1-6-18(13-20(4,7-2)8-3)14-23-16-19(17-23)15-22-11-9-21(5)10-12-22/h18-19H,6-17H2,1-5H3. The van der Waals surface area contributed by atoms with Crippen molar-refractivity contribution in [3.8, 4) is 0 Å². The summed E-state index contributed by atoms with van der Waals surface area (Å²) in [5.41, 5.74) is 0.560. The van der Waals surface area contributed by atoms with Gasteiger partial charge in [-0.1, -0.05) is 47.0 Å². The first-order valence-electron chi connectivity index (χ1n) is 10.1. The molecule has 0 N–H and O–H groups in total. The maximum absolute atomic E-state index is 2.72. The summed E-state index contributed by atoms with van der Waals surface area (Å²) in [6.07, 6.45) is 5.41. The van der Waals surface area contributed by atoms with Crippen molar-refractivity contribution in [2.45, 2.75) is 53.4 Å². The van der Waals surface area contributed by atoms with E-state index < -0.39 is 0 Å². The van der Waals surface area contributed by atoms with Gasteiger partial charge in [0.2, 0.25) is 0 Å². The molecule has 0 aromatic rings. The highest BCUT2D eigenvalue weighted by Gasteiger charge is 2.32. The SMILES string of the molecule is CCC(CN1CC(CN2CCN(C)CC2)C1)CC(C)(CC)CC. The maximum Gasteiger partial charge on any atom is 0.0110 e. The third-order valence-electron chi connectivity index (χ3n) is 6.73. The number of hydrogen-bond acceptors (Lipinski definition) is 3. The summed E-state index contributed by atoms with van der Waals surface area (Å²) in [4.78, 5) is 7.86. The van der Waals surface area contributed by atoms with E-state index in [1.54, 1.807) is 0 Å². The van der Waals surface area contributed by atoms with Gasteiger partial charge in [-0.15, -0.1) is 0 Å². The summed E-state index contributed by atoms with van der Waals surface area (Å²) in [5, 5.41) is 0. The van der Waals surface area contributed by atoms with Gasteiger partial charge in [0.25, 0.3) is 0 Å². The zero-order valence-electron chi connectivity index (χ0n) is 16.5. The van der Waals surface area contributed by atoms with E-state index in [-0.39, 0.29) is 0 Å². The van der Waals surface area contributed by atoms with Gasteiger partial charge in [0, 0.05) is 52.4 Å². The number of piperazine rings is 1. The maximum atomic E-state index is 2.72. The molecule has 0 radical (unpaired) electrons. The van der Waals surface area contributed by atoms with Crippen molar-refractivity contribution in [1.82, 2.24) is 14.7 Å². The van der Waals surface area contributed by atoms with Gasteiger partial charge in [-0.3, -0.25) is 0 Å². The molecule has 0 spiro atoms. The molecule has 1 atom stereocenters. The van der Waals surface area contributed by atoms with Crippen LogP contribution in [0, 0.1) is 17.3 Å². The zero-order chi connectivity index (χ0) is 16.9. The topological polar surface area (TPSA) is 9.72 Å². The molecule has 136 valence electrons. The molecule has 0 saturated carbocycles. The number of likely N-dealkylation sites (N-methyl/N-ethyl adjacent to an activating group) is 1. The molecule has 0 aromatic carbocycles. The summed E-state index contributed by atoms with van der Waals surface area (Å²) in [5.74, 6) is 1.82. The molecule has 0 aliphatic carbocycles. The van der Waals surface area contributed by atoms with E-state index >= 15 is 0 Å². The van der Waals surface area contributed by atoms with Gasteiger partial charge in [-0.2, -0.15) is 0 Å². The largest absolute Gasteiger partial charge is 0.304 e. The van der Waals surface area contributed by atoms with Crippen LogP contribution in [0.4, 0.5) is 0 Å². The van der Waals surface area contributed by atoms with Crippen molar-refractivity contribution in [3.05, 3.63) is 0 Å². The molecule has 2 heterocycles. The van der Waals surface area contributed by atoms with Crippen LogP contribution in [0.2, 0.25) is 0 Å². The average Bonchev–Trinajstić information content (AvgIpc) is 2.53. The van der Waals surface area contributed by atoms with Crippen LogP contribution in [0.5, 0.6) is 0 Å². The number of rotatable bonds is 9. The molecular formula is C20H41N3. The Morgan fingerprint density at radius 3 is 2.09 bits per heavy atom. The Morgan fingerprint density at radius 2 is 1.57 bits per heavy atom. The second-order valence-corrected chi connectivity index (χ2v) is 8.68. The Balaban J connectivity index is 1.66. The fourth-order valence-corrected chi connectivity index (χ4v) is 4.28. The molecule has 3 heteroatoms. The fourth-order valence-electron chi connectivity index (χ4n) is 4.28. The van der Waals surface area contributed by atoms with E-state index in [0.29, 0.717) is 5.41 Å². The van der Waals surface area contributed by atoms with E-state index in [1.807, 2.05) is 0 Å². The Kier molecular flexibility index (Phi) is 7.37. The fraction of sp³-hybridized carbons (Fsp3) is 1.00. The summed E-state index contributed by atoms with van der Waals surface area (Å²) in [6, 6.07) is 0. The van der Waals surface area contributed by atoms with Crippen LogP contribution in [0.15, 0.2) is 0 Å². The first-order valence-corrected chi connectivity index (χ1v) is 10.1. The van der Waals surface area contributed by atoms with Gasteiger partial charge in [-0.05, 0) is 30.7 Å². The van der Waals surface area contributed by atoms with E-state index in [2.05, 4.69) is 49.4 Å². The molecule has 2 fully saturated rings. The van der Waals surface area contributed by atoms with Crippen LogP contribution in [-0.2, 0) is 0 Å². The van der Waals surface area contributed by atoms with Crippen LogP contribution in [0.1, 0.15) is 53.4 Å². The molecule has 0 bridgehead atoms. The third kappa shape index (κ3) is 5.72. The van der Waals surface area contributed by atoms with Gasteiger partial charge < -0.3 is 14.7 Å². The predicted octanol–water partition coefficient (Wildman–Crippen LogP) is 3.41. The van der Waals surface area contributed by atoms with Crippen molar-refractivity contribution < 1.29 is 0 Å². The van der Waals surface area contributed by atoms with Gasteiger partial charge >= 0.3 is 0 Å². The van der Waals surface area contributed by atoms with E-state index in [9.17, 15) is 0 Å². The van der Waals surface area contributed by atoms with E-state index in [1.165, 1.54) is 78.0 Å². The minimum absolute atomic E-state index is 0.560. The first kappa shape index (κ1) is 19.2. The molecule has 0 aromatic heterocycles. The quantitative estimate of drug-likeness (QED) is 0.644. The lowest BCUT2D eigenvalue weighted by molar-refractivity contribution is 0.0334. The Labute approximate surface area is 145 Å². The predicted molar refractivity (Wildman–Crippen MR) is 101 cm³/mol. The minimum Gasteiger partial charge on any atom is -0.304 e. The normalized spacial score (nSPS) is 23.9. The number of hydrogen-bond donors (Lipinski definition) is 0. The van der Waals surface area contributed by atoms with Crippen molar-refractivity contribution >= 4 is 0 Å². The molecule has 2 aliphatic heterocycles. The smallest absolute Gasteiger partial charge is 0.0110 e. The lowest BCUT2D eigenvalue weighted by Gasteiger charge is -2.45. The molecule has 2 rings (SSSR count). The number of nitrogens with zero attached hydrogens (tertiary/aromatic N) is 3. The molecule has 3 nitrogen and oxygen atoms in total. The molecule has 2 saturated heterocycles. The highest BCUT2D eigenvalue weighted by molar-refractivity contribution is 4.86. The lowest BCUT2D eigenvalue weighted by Crippen LogP contribution is -2.55. The lowest BCUT2D eigenvalue weighted by atomic mass is 9.75. The molecule has 1 unspecified atom stereocenters. The third-order valence-corrected chi connectivity index (χ3v) is 6.73. The minimum atomic E-state index is 0.560. The van der Waals surface area contributed by atoms with Crippen molar-refractivity contribution in [3.63, 3.8) is 0 Å². The highest BCUT2D eigenvalue weighted by atomic mass is 15.3. The van der Waals surface area contributed by atoms with Crippen LogP contribution >= 0.6 is 0 Å². The summed E-state index contributed by atoms with van der Waals surface area (Å²) in [6.45, 7) is 20.0. The average molecular weight is 324 g/mol. The highest BCUT2D eigenvalue weighted by Crippen LogP contribution is 2.35. The van der Waals surface area contributed by atoms with Gasteiger partial charge in [0.1, 0.15) is 0 Å². The first-order chi connectivity index (χ1) is 11.0. The van der Waals surface area contributed by atoms with E-state index in [4.69, 9.17) is 0 Å². The second-order valence-electron chi connectivity index (χ2n) is 8.68. The Hall–Kier alpha value is -0.120. The summed E-state index contributed by atoms with van der Waals surface area (Å²) in [7, 11) is 2.24. The second kappa shape index (κ2) is 8.82. The van der Waals surface area contributed by atoms with Gasteiger partial charge in [0.15, 0.2) is 0 Å². The molecule has 23 heavy (non-hydrogen) atoms. The van der Waals surface area contributed by atoms with E-state index in [0.717, 1.165) is 11.8 Å². The molecular weight excluding hydrogens is 282 g/mol. The summed E-state index contributed by atoms with van der Waals surface area (Å²) >= 11 is 0. The molecule has 0 amide bonds. The van der Waals surface area contributed by atoms with Crippen molar-refractivity contribution in [1.29, 1.82) is 0 Å². The van der Waals surface area contributed by atoms with Gasteiger partial charge in [0.05, 0.1) is 0 Å². The van der Waals surface area contributed by atoms with Crippen LogP contribution in [0.3, 0.4) is 0 Å². The Morgan fingerprint density at radius 1 is 0.957 bits per heavy atom. The van der Waals surface area contributed by atoms with Crippen molar-refractivity contribution in [2.75, 3.05) is 59.4 Å². The van der Waals surface area contributed by atoms with Crippen LogP contribution in [0.25, 0.3) is 0 Å². The zero-order valence-corrected chi connectivity index (χ0v) is 16.5. The van der Waals surface area contributed by atoms with Crippen molar-refractivity contribution in [2.24, 2.45) is 17.3 Å². The van der Waals surface area contributed by atoms with Gasteiger partial charge in [-0.25, -0.2) is 0 Å². The van der Waals surface area contributed by atoms with Crippen LogP contribution < -0.4 is 0 Å². The summed E-state index contributed by atoms with van der Waals surface area (Å²) < 4.78 is 0. The van der Waals surface area contributed by atoms with Crippen LogP contribution in [-0.4, -0.2) is 74.1 Å². The Bertz CT molecular complexity index is 326.